The molecule has 0 spiro atoms. The minimum atomic E-state index is -0.269. The fourth-order valence-electron chi connectivity index (χ4n) is 2.23. The molecule has 0 unspecified atom stereocenters. The van der Waals surface area contributed by atoms with E-state index in [4.69, 9.17) is 16.3 Å². The van der Waals surface area contributed by atoms with Crippen molar-refractivity contribution in [2.75, 3.05) is 6.61 Å². The average Bonchev–Trinajstić information content (AvgIpc) is 2.66. The lowest BCUT2D eigenvalue weighted by Crippen LogP contribution is -2.31. The number of ether oxygens (including phenoxy) is 1. The Hall–Kier alpha value is -1.13. The molecular weight excluding hydrogens is 262 g/mol. The molecule has 104 valence electrons. The highest BCUT2D eigenvalue weighted by atomic mass is 35.5. The second kappa shape index (κ2) is 5.47. The summed E-state index contributed by atoms with van der Waals surface area (Å²) in [7, 11) is 0. The SMILES string of the molecule is CCOC(C)(C)Cn1c(CCl)nc2ccc(C)nc21. The standard InChI is InChI=1S/C14H20ClN3O/c1-5-19-14(3,4)9-18-12(8-15)17-11-7-6-10(2)16-13(11)18/h6-7H,5,8-9H2,1-4H3. The van der Waals surface area contributed by atoms with Crippen LogP contribution in [0.25, 0.3) is 11.2 Å². The Labute approximate surface area is 118 Å². The number of imidazole rings is 1. The summed E-state index contributed by atoms with van der Waals surface area (Å²) in [5.74, 6) is 1.21. The maximum Gasteiger partial charge on any atom is 0.160 e. The van der Waals surface area contributed by atoms with Crippen LogP contribution in [-0.4, -0.2) is 26.7 Å². The number of hydrogen-bond donors (Lipinski definition) is 0. The van der Waals surface area contributed by atoms with E-state index >= 15 is 0 Å². The molecule has 0 saturated carbocycles. The van der Waals surface area contributed by atoms with Crippen LogP contribution in [0.3, 0.4) is 0 Å². The molecule has 0 aliphatic carbocycles. The van der Waals surface area contributed by atoms with Gasteiger partial charge in [0.05, 0.1) is 18.0 Å². The van der Waals surface area contributed by atoms with Gasteiger partial charge in [0.2, 0.25) is 0 Å². The van der Waals surface area contributed by atoms with Gasteiger partial charge in [0.25, 0.3) is 0 Å². The van der Waals surface area contributed by atoms with Crippen molar-refractivity contribution in [3.63, 3.8) is 0 Å². The van der Waals surface area contributed by atoms with Gasteiger partial charge in [-0.05, 0) is 39.8 Å². The summed E-state index contributed by atoms with van der Waals surface area (Å²) in [6.45, 7) is 9.48. The molecule has 0 atom stereocenters. The van der Waals surface area contributed by atoms with E-state index < -0.39 is 0 Å². The molecule has 0 N–H and O–H groups in total. The van der Waals surface area contributed by atoms with Gasteiger partial charge in [0.1, 0.15) is 11.3 Å². The fraction of sp³-hybridized carbons (Fsp3) is 0.571. The lowest BCUT2D eigenvalue weighted by atomic mass is 10.1. The molecule has 0 bridgehead atoms. The van der Waals surface area contributed by atoms with Gasteiger partial charge in [0, 0.05) is 12.3 Å². The van der Waals surface area contributed by atoms with Crippen LogP contribution in [0.1, 0.15) is 32.3 Å². The minimum absolute atomic E-state index is 0.269. The zero-order valence-electron chi connectivity index (χ0n) is 11.9. The summed E-state index contributed by atoms with van der Waals surface area (Å²) in [6.07, 6.45) is 0. The highest BCUT2D eigenvalue weighted by molar-refractivity contribution is 6.16. The number of hydrogen-bond acceptors (Lipinski definition) is 3. The van der Waals surface area contributed by atoms with Crippen molar-refractivity contribution >= 4 is 22.8 Å². The van der Waals surface area contributed by atoms with E-state index in [1.165, 1.54) is 0 Å². The van der Waals surface area contributed by atoms with Crippen LogP contribution in [-0.2, 0) is 17.2 Å². The Morgan fingerprint density at radius 2 is 2.05 bits per heavy atom. The summed E-state index contributed by atoms with van der Waals surface area (Å²) < 4.78 is 7.82. The number of alkyl halides is 1. The molecule has 2 aromatic rings. The maximum absolute atomic E-state index is 6.00. The van der Waals surface area contributed by atoms with Crippen molar-refractivity contribution in [3.8, 4) is 0 Å². The predicted octanol–water partition coefficient (Wildman–Crippen LogP) is 3.29. The number of aromatic nitrogens is 3. The van der Waals surface area contributed by atoms with Crippen LogP contribution in [0, 0.1) is 6.92 Å². The number of aryl methyl sites for hydroxylation is 1. The first-order valence-electron chi connectivity index (χ1n) is 6.49. The van der Waals surface area contributed by atoms with Crippen LogP contribution in [0.15, 0.2) is 12.1 Å². The van der Waals surface area contributed by atoms with Gasteiger partial charge >= 0.3 is 0 Å². The van der Waals surface area contributed by atoms with Crippen molar-refractivity contribution in [3.05, 3.63) is 23.7 Å². The van der Waals surface area contributed by atoms with Crippen molar-refractivity contribution in [2.24, 2.45) is 0 Å². The molecule has 2 heterocycles. The number of nitrogens with zero attached hydrogens (tertiary/aromatic N) is 3. The van der Waals surface area contributed by atoms with Gasteiger partial charge in [-0.15, -0.1) is 11.6 Å². The summed E-state index contributed by atoms with van der Waals surface area (Å²) in [5, 5.41) is 0. The molecule has 5 heteroatoms. The third kappa shape index (κ3) is 3.07. The van der Waals surface area contributed by atoms with Crippen LogP contribution in [0.2, 0.25) is 0 Å². The largest absolute Gasteiger partial charge is 0.374 e. The van der Waals surface area contributed by atoms with Crippen LogP contribution >= 0.6 is 11.6 Å². The highest BCUT2D eigenvalue weighted by Gasteiger charge is 2.22. The Morgan fingerprint density at radius 3 is 2.68 bits per heavy atom. The zero-order chi connectivity index (χ0) is 14.0. The summed E-state index contributed by atoms with van der Waals surface area (Å²) in [6, 6.07) is 3.95. The third-order valence-corrected chi connectivity index (χ3v) is 3.24. The smallest absolute Gasteiger partial charge is 0.160 e. The predicted molar refractivity (Wildman–Crippen MR) is 77.5 cm³/mol. The molecule has 0 aromatic carbocycles. The molecule has 0 aliphatic heterocycles. The first-order valence-corrected chi connectivity index (χ1v) is 7.03. The molecule has 0 radical (unpaired) electrons. The molecule has 4 nitrogen and oxygen atoms in total. The number of fused-ring (bicyclic) bond motifs is 1. The minimum Gasteiger partial charge on any atom is -0.374 e. The molecule has 0 aliphatic rings. The van der Waals surface area contributed by atoms with Crippen LogP contribution in [0.4, 0.5) is 0 Å². The van der Waals surface area contributed by atoms with Gasteiger partial charge in [-0.25, -0.2) is 9.97 Å². The second-order valence-electron chi connectivity index (χ2n) is 5.24. The van der Waals surface area contributed by atoms with Crippen molar-refractivity contribution < 1.29 is 4.74 Å². The van der Waals surface area contributed by atoms with Gasteiger partial charge in [-0.1, -0.05) is 0 Å². The van der Waals surface area contributed by atoms with Gasteiger partial charge in [0.15, 0.2) is 5.65 Å². The summed E-state index contributed by atoms with van der Waals surface area (Å²) in [4.78, 5) is 9.10. The lowest BCUT2D eigenvalue weighted by Gasteiger charge is -2.26. The molecule has 2 aromatic heterocycles. The summed E-state index contributed by atoms with van der Waals surface area (Å²) >= 11 is 6.00. The van der Waals surface area contributed by atoms with E-state index in [-0.39, 0.29) is 5.60 Å². The fourth-order valence-corrected chi connectivity index (χ4v) is 2.43. The first-order chi connectivity index (χ1) is 8.96. The number of halogens is 1. The van der Waals surface area contributed by atoms with Gasteiger partial charge < -0.3 is 9.30 Å². The zero-order valence-corrected chi connectivity index (χ0v) is 12.7. The van der Waals surface area contributed by atoms with E-state index in [0.29, 0.717) is 19.0 Å². The Kier molecular flexibility index (Phi) is 4.11. The number of pyridine rings is 1. The topological polar surface area (TPSA) is 39.9 Å². The molecule has 0 saturated heterocycles. The van der Waals surface area contributed by atoms with Crippen molar-refractivity contribution in [1.29, 1.82) is 0 Å². The monoisotopic (exact) mass is 281 g/mol. The molecular formula is C14H20ClN3O. The number of rotatable bonds is 5. The Bertz CT molecular complexity index is 577. The van der Waals surface area contributed by atoms with Crippen molar-refractivity contribution in [2.45, 2.75) is 45.7 Å². The van der Waals surface area contributed by atoms with E-state index in [0.717, 1.165) is 22.7 Å². The van der Waals surface area contributed by atoms with Crippen molar-refractivity contribution in [1.82, 2.24) is 14.5 Å². The molecule has 19 heavy (non-hydrogen) atoms. The van der Waals surface area contributed by atoms with E-state index in [9.17, 15) is 0 Å². The molecule has 2 rings (SSSR count). The lowest BCUT2D eigenvalue weighted by molar-refractivity contribution is -0.0221. The Morgan fingerprint density at radius 1 is 1.32 bits per heavy atom. The third-order valence-electron chi connectivity index (χ3n) is 3.00. The average molecular weight is 282 g/mol. The van der Waals surface area contributed by atoms with E-state index in [1.807, 2.05) is 26.0 Å². The quantitative estimate of drug-likeness (QED) is 0.790. The van der Waals surface area contributed by atoms with E-state index in [1.54, 1.807) is 0 Å². The molecule has 0 amide bonds. The van der Waals surface area contributed by atoms with Crippen LogP contribution < -0.4 is 0 Å². The van der Waals surface area contributed by atoms with Gasteiger partial charge in [-0.3, -0.25) is 0 Å². The first kappa shape index (κ1) is 14.3. The molecule has 0 fully saturated rings. The van der Waals surface area contributed by atoms with Crippen LogP contribution in [0.5, 0.6) is 0 Å². The maximum atomic E-state index is 6.00. The van der Waals surface area contributed by atoms with E-state index in [2.05, 4.69) is 28.4 Å². The highest BCUT2D eigenvalue weighted by Crippen LogP contribution is 2.21. The second-order valence-corrected chi connectivity index (χ2v) is 5.50. The summed E-state index contributed by atoms with van der Waals surface area (Å²) in [5.41, 5.74) is 2.47. The normalized spacial score (nSPS) is 12.3. The Balaban J connectivity index is 2.48. The van der Waals surface area contributed by atoms with Gasteiger partial charge in [-0.2, -0.15) is 0 Å².